The SMILES string of the molecule is C/C=C/C=C/[C@@H](C)[C@H]1CC[C@H]2C(=O)CCCC12C. The molecule has 0 bridgehead atoms. The molecule has 0 radical (unpaired) electrons. The van der Waals surface area contributed by atoms with Gasteiger partial charge in [-0.25, -0.2) is 0 Å². The molecule has 4 atom stereocenters. The summed E-state index contributed by atoms with van der Waals surface area (Å²) in [5.41, 5.74) is 0.273. The highest BCUT2D eigenvalue weighted by Crippen LogP contribution is 2.56. The van der Waals surface area contributed by atoms with Gasteiger partial charge in [-0.15, -0.1) is 0 Å². The molecule has 0 spiro atoms. The van der Waals surface area contributed by atoms with E-state index in [1.54, 1.807) is 0 Å². The van der Waals surface area contributed by atoms with Crippen molar-refractivity contribution >= 4 is 5.78 Å². The van der Waals surface area contributed by atoms with Gasteiger partial charge in [0.15, 0.2) is 0 Å². The highest BCUT2D eigenvalue weighted by atomic mass is 16.1. The van der Waals surface area contributed by atoms with E-state index in [1.807, 2.05) is 6.92 Å². The summed E-state index contributed by atoms with van der Waals surface area (Å²) in [4.78, 5) is 12.1. The van der Waals surface area contributed by atoms with Gasteiger partial charge in [-0.1, -0.05) is 38.2 Å². The van der Waals surface area contributed by atoms with Gasteiger partial charge in [0, 0.05) is 12.3 Å². The number of fused-ring (bicyclic) bond motifs is 1. The smallest absolute Gasteiger partial charge is 0.136 e. The van der Waals surface area contributed by atoms with Gasteiger partial charge < -0.3 is 0 Å². The number of hydrogen-bond acceptors (Lipinski definition) is 1. The highest BCUT2D eigenvalue weighted by molar-refractivity contribution is 5.83. The fourth-order valence-electron chi connectivity index (χ4n) is 4.32. The van der Waals surface area contributed by atoms with Crippen LogP contribution in [0.25, 0.3) is 0 Å². The summed E-state index contributed by atoms with van der Waals surface area (Å²) in [7, 11) is 0. The van der Waals surface area contributed by atoms with Crippen LogP contribution in [0.1, 0.15) is 52.9 Å². The minimum atomic E-state index is 0.273. The summed E-state index contributed by atoms with van der Waals surface area (Å²) in [5, 5.41) is 0. The van der Waals surface area contributed by atoms with Gasteiger partial charge in [0.05, 0.1) is 0 Å². The van der Waals surface area contributed by atoms with Crippen molar-refractivity contribution in [1.29, 1.82) is 0 Å². The molecule has 0 saturated heterocycles. The summed E-state index contributed by atoms with van der Waals surface area (Å²) < 4.78 is 0. The third-order valence-corrected chi connectivity index (χ3v) is 5.29. The molecule has 1 nitrogen and oxygen atoms in total. The molecule has 0 aromatic carbocycles. The predicted molar refractivity (Wildman–Crippen MR) is 76.3 cm³/mol. The Morgan fingerprint density at radius 1 is 1.33 bits per heavy atom. The second-order valence-corrected chi connectivity index (χ2v) is 6.33. The number of ketones is 1. The third-order valence-electron chi connectivity index (χ3n) is 5.29. The lowest BCUT2D eigenvalue weighted by molar-refractivity contribution is -0.129. The first-order valence-electron chi connectivity index (χ1n) is 7.42. The molecule has 0 N–H and O–H groups in total. The molecule has 0 heterocycles. The lowest BCUT2D eigenvalue weighted by atomic mass is 9.62. The largest absolute Gasteiger partial charge is 0.299 e. The van der Waals surface area contributed by atoms with Gasteiger partial charge in [-0.05, 0) is 49.9 Å². The molecule has 0 aromatic rings. The van der Waals surface area contributed by atoms with Crippen LogP contribution in [-0.2, 0) is 4.79 Å². The van der Waals surface area contributed by atoms with Crippen LogP contribution in [0.15, 0.2) is 24.3 Å². The van der Waals surface area contributed by atoms with Gasteiger partial charge in [-0.3, -0.25) is 4.79 Å². The fourth-order valence-corrected chi connectivity index (χ4v) is 4.32. The minimum Gasteiger partial charge on any atom is -0.299 e. The van der Waals surface area contributed by atoms with Gasteiger partial charge in [-0.2, -0.15) is 0 Å². The molecular weight excluding hydrogens is 220 g/mol. The number of Topliss-reactive ketones (excluding diaryl/α,β-unsaturated/α-hetero) is 1. The number of carbonyl (C=O) groups is 1. The van der Waals surface area contributed by atoms with Crippen molar-refractivity contribution in [3.8, 4) is 0 Å². The van der Waals surface area contributed by atoms with Crippen molar-refractivity contribution < 1.29 is 4.79 Å². The normalized spacial score (nSPS) is 38.5. The predicted octanol–water partition coefficient (Wildman–Crippen LogP) is 4.54. The van der Waals surface area contributed by atoms with Crippen LogP contribution in [0.2, 0.25) is 0 Å². The first-order valence-corrected chi connectivity index (χ1v) is 7.42. The Morgan fingerprint density at radius 2 is 2.11 bits per heavy atom. The average Bonchev–Trinajstić information content (AvgIpc) is 2.68. The Bertz CT molecular complexity index is 366. The molecule has 2 rings (SSSR count). The van der Waals surface area contributed by atoms with Crippen molar-refractivity contribution in [3.63, 3.8) is 0 Å². The molecule has 0 amide bonds. The van der Waals surface area contributed by atoms with Crippen LogP contribution >= 0.6 is 0 Å². The van der Waals surface area contributed by atoms with E-state index in [9.17, 15) is 4.79 Å². The summed E-state index contributed by atoms with van der Waals surface area (Å²) in [5.74, 6) is 2.17. The first-order chi connectivity index (χ1) is 8.59. The number of carbonyl (C=O) groups excluding carboxylic acids is 1. The monoisotopic (exact) mass is 246 g/mol. The summed E-state index contributed by atoms with van der Waals surface area (Å²) >= 11 is 0. The van der Waals surface area contributed by atoms with Crippen LogP contribution in [-0.4, -0.2) is 5.78 Å². The number of rotatable bonds is 3. The van der Waals surface area contributed by atoms with Gasteiger partial charge in [0.1, 0.15) is 5.78 Å². The summed E-state index contributed by atoms with van der Waals surface area (Å²) in [6.45, 7) is 6.73. The molecule has 2 saturated carbocycles. The molecule has 0 aliphatic heterocycles. The lowest BCUT2D eigenvalue weighted by Gasteiger charge is -2.41. The van der Waals surface area contributed by atoms with Crippen molar-refractivity contribution in [2.75, 3.05) is 0 Å². The molecule has 1 heteroatoms. The van der Waals surface area contributed by atoms with E-state index >= 15 is 0 Å². The van der Waals surface area contributed by atoms with Gasteiger partial charge in [0.2, 0.25) is 0 Å². The molecule has 100 valence electrons. The van der Waals surface area contributed by atoms with Crippen LogP contribution in [0.5, 0.6) is 0 Å². The number of allylic oxidation sites excluding steroid dienone is 4. The Labute approximate surface area is 111 Å². The molecule has 1 unspecified atom stereocenters. The van der Waals surface area contributed by atoms with E-state index in [-0.39, 0.29) is 5.41 Å². The van der Waals surface area contributed by atoms with E-state index in [1.165, 1.54) is 12.8 Å². The number of hydrogen-bond donors (Lipinski definition) is 0. The maximum Gasteiger partial charge on any atom is 0.136 e. The van der Waals surface area contributed by atoms with E-state index < -0.39 is 0 Å². The molecule has 0 aromatic heterocycles. The fraction of sp³-hybridized carbons (Fsp3) is 0.706. The van der Waals surface area contributed by atoms with E-state index in [2.05, 4.69) is 38.2 Å². The standard InChI is InChI=1S/C17H26O/c1-4-5-6-8-13(2)14-10-11-15-16(18)9-7-12-17(14,15)3/h4-6,8,13-15H,7,9-12H2,1-3H3/b5-4+,8-6+/t13-,14-,15+,17?/m1/s1. The zero-order valence-electron chi connectivity index (χ0n) is 12.0. The highest BCUT2D eigenvalue weighted by Gasteiger charge is 2.51. The van der Waals surface area contributed by atoms with Gasteiger partial charge in [0.25, 0.3) is 0 Å². The van der Waals surface area contributed by atoms with Crippen molar-refractivity contribution in [2.24, 2.45) is 23.2 Å². The van der Waals surface area contributed by atoms with Gasteiger partial charge >= 0.3 is 0 Å². The quantitative estimate of drug-likeness (QED) is 0.668. The Morgan fingerprint density at radius 3 is 2.83 bits per heavy atom. The zero-order chi connectivity index (χ0) is 13.2. The van der Waals surface area contributed by atoms with E-state index in [0.29, 0.717) is 23.5 Å². The molecule has 2 aliphatic rings. The minimum absolute atomic E-state index is 0.273. The topological polar surface area (TPSA) is 17.1 Å². The molecular formula is C17H26O. The Hall–Kier alpha value is -0.850. The Balaban J connectivity index is 2.12. The molecule has 2 fully saturated rings. The van der Waals surface area contributed by atoms with Crippen LogP contribution in [0, 0.1) is 23.2 Å². The third kappa shape index (κ3) is 2.32. The summed E-state index contributed by atoms with van der Waals surface area (Å²) in [6, 6.07) is 0. The van der Waals surface area contributed by atoms with Crippen molar-refractivity contribution in [3.05, 3.63) is 24.3 Å². The molecule has 2 aliphatic carbocycles. The van der Waals surface area contributed by atoms with Crippen LogP contribution in [0.4, 0.5) is 0 Å². The average molecular weight is 246 g/mol. The first kappa shape index (κ1) is 13.6. The Kier molecular flexibility index (Phi) is 4.09. The lowest BCUT2D eigenvalue weighted by Crippen LogP contribution is -2.39. The molecule has 18 heavy (non-hydrogen) atoms. The maximum absolute atomic E-state index is 12.1. The van der Waals surface area contributed by atoms with Crippen LogP contribution in [0.3, 0.4) is 0 Å². The maximum atomic E-state index is 12.1. The zero-order valence-corrected chi connectivity index (χ0v) is 12.0. The second kappa shape index (κ2) is 5.42. The second-order valence-electron chi connectivity index (χ2n) is 6.33. The summed E-state index contributed by atoms with van der Waals surface area (Å²) in [6.07, 6.45) is 14.2. The van der Waals surface area contributed by atoms with Crippen LogP contribution < -0.4 is 0 Å². The van der Waals surface area contributed by atoms with Crippen molar-refractivity contribution in [2.45, 2.75) is 52.9 Å². The van der Waals surface area contributed by atoms with Crippen molar-refractivity contribution in [1.82, 2.24) is 0 Å². The van der Waals surface area contributed by atoms with E-state index in [4.69, 9.17) is 0 Å². The van der Waals surface area contributed by atoms with E-state index in [0.717, 1.165) is 19.3 Å².